The maximum atomic E-state index is 13.0. The van der Waals surface area contributed by atoms with E-state index in [9.17, 15) is 19.2 Å². The first-order valence-electron chi connectivity index (χ1n) is 12.3. The van der Waals surface area contributed by atoms with Crippen LogP contribution < -0.4 is 10.6 Å². The van der Waals surface area contributed by atoms with Gasteiger partial charge in [0.15, 0.2) is 11.2 Å². The number of ether oxygens (including phenoxy) is 2. The van der Waals surface area contributed by atoms with Gasteiger partial charge in [0.1, 0.15) is 0 Å². The Morgan fingerprint density at radius 3 is 1.30 bits per heavy atom. The van der Waals surface area contributed by atoms with E-state index in [0.29, 0.717) is 38.8 Å². The fourth-order valence-electron chi connectivity index (χ4n) is 6.61. The van der Waals surface area contributed by atoms with Gasteiger partial charge >= 0.3 is 11.9 Å². The van der Waals surface area contributed by atoms with Crippen LogP contribution in [-0.4, -0.2) is 48.0 Å². The molecule has 8 heteroatoms. The molecule has 4 rings (SSSR count). The van der Waals surface area contributed by atoms with Crippen LogP contribution in [0.25, 0.3) is 0 Å². The highest BCUT2D eigenvalue weighted by Gasteiger charge is 2.76. The minimum atomic E-state index is -1.08. The van der Waals surface area contributed by atoms with Crippen LogP contribution in [0, 0.1) is 21.7 Å². The van der Waals surface area contributed by atoms with Crippen molar-refractivity contribution in [2.45, 2.75) is 97.7 Å². The predicted molar refractivity (Wildman–Crippen MR) is 120 cm³/mol. The van der Waals surface area contributed by atoms with Gasteiger partial charge in [-0.3, -0.25) is 19.2 Å². The van der Waals surface area contributed by atoms with E-state index in [-0.39, 0.29) is 23.8 Å². The summed E-state index contributed by atoms with van der Waals surface area (Å²) >= 11 is 0. The summed E-state index contributed by atoms with van der Waals surface area (Å²) in [6.07, 6.45) is 4.78. The summed E-state index contributed by atoms with van der Waals surface area (Å²) in [4.78, 5) is 50.6. The van der Waals surface area contributed by atoms with Gasteiger partial charge in [-0.1, -0.05) is 27.7 Å². The van der Waals surface area contributed by atoms with Gasteiger partial charge in [0, 0.05) is 23.9 Å². The van der Waals surface area contributed by atoms with E-state index in [4.69, 9.17) is 9.47 Å². The molecule has 2 saturated carbocycles. The second-order valence-electron chi connectivity index (χ2n) is 11.9. The van der Waals surface area contributed by atoms with Crippen LogP contribution in [0.4, 0.5) is 0 Å². The van der Waals surface area contributed by atoms with Gasteiger partial charge in [-0.2, -0.15) is 0 Å². The number of hydrogen-bond donors (Lipinski definition) is 2. The fraction of sp³-hybridized carbons (Fsp3) is 0.840. The molecular weight excluding hydrogens is 424 g/mol. The molecule has 0 aromatic heterocycles. The lowest BCUT2D eigenvalue weighted by Crippen LogP contribution is -2.53. The van der Waals surface area contributed by atoms with Gasteiger partial charge in [0.05, 0.1) is 10.8 Å². The first-order chi connectivity index (χ1) is 15.2. The lowest BCUT2D eigenvalue weighted by molar-refractivity contribution is -0.168. The van der Waals surface area contributed by atoms with Crippen molar-refractivity contribution in [3.05, 3.63) is 0 Å². The van der Waals surface area contributed by atoms with Crippen LogP contribution in [0.1, 0.15) is 86.5 Å². The SMILES string of the molecule is CC1(C)[C@@]2(C)CC[C@@]1(C(=O)NCCCCCNC(=O)[C@]13CC[C@](C)(C(=O)O1)C3(C)C)OC2=O. The van der Waals surface area contributed by atoms with Crippen molar-refractivity contribution in [2.75, 3.05) is 13.1 Å². The number of nitrogens with one attached hydrogen (secondary N) is 2. The molecule has 0 aromatic carbocycles. The Balaban J connectivity index is 1.20. The van der Waals surface area contributed by atoms with E-state index < -0.39 is 32.9 Å². The Morgan fingerprint density at radius 1 is 0.667 bits per heavy atom. The molecule has 2 saturated heterocycles. The van der Waals surface area contributed by atoms with Gasteiger partial charge in [0.25, 0.3) is 11.8 Å². The van der Waals surface area contributed by atoms with Crippen LogP contribution in [0.5, 0.6) is 0 Å². The van der Waals surface area contributed by atoms with E-state index in [0.717, 1.165) is 19.3 Å². The molecule has 2 aliphatic heterocycles. The topological polar surface area (TPSA) is 111 Å². The third-order valence-corrected chi connectivity index (χ3v) is 10.3. The molecule has 0 radical (unpaired) electrons. The Labute approximate surface area is 195 Å². The Hall–Kier alpha value is -2.12. The van der Waals surface area contributed by atoms with Crippen LogP contribution in [0.15, 0.2) is 0 Å². The molecule has 4 fully saturated rings. The number of hydrogen-bond acceptors (Lipinski definition) is 6. The smallest absolute Gasteiger partial charge is 0.313 e. The van der Waals surface area contributed by atoms with E-state index in [2.05, 4.69) is 10.6 Å². The average Bonchev–Trinajstić information content (AvgIpc) is 3.20. The average molecular weight is 463 g/mol. The van der Waals surface area contributed by atoms with Gasteiger partial charge in [-0.05, 0) is 58.8 Å². The number of amides is 2. The van der Waals surface area contributed by atoms with Crippen molar-refractivity contribution in [1.82, 2.24) is 10.6 Å². The van der Waals surface area contributed by atoms with Crippen molar-refractivity contribution < 1.29 is 28.7 Å². The molecule has 0 aromatic rings. The molecular formula is C25H38N2O6. The molecule has 4 aliphatic rings. The molecule has 33 heavy (non-hydrogen) atoms. The molecule has 2 heterocycles. The highest BCUT2D eigenvalue weighted by molar-refractivity contribution is 5.97. The zero-order chi connectivity index (χ0) is 24.5. The van der Waals surface area contributed by atoms with Crippen LogP contribution >= 0.6 is 0 Å². The first-order valence-corrected chi connectivity index (χ1v) is 12.3. The van der Waals surface area contributed by atoms with Crippen molar-refractivity contribution in [3.63, 3.8) is 0 Å². The Bertz CT molecular complexity index is 841. The first kappa shape index (κ1) is 24.0. The van der Waals surface area contributed by atoms with Gasteiger partial charge < -0.3 is 20.1 Å². The largest absolute Gasteiger partial charge is 0.448 e. The number of rotatable bonds is 8. The molecule has 2 amide bonds. The molecule has 0 unspecified atom stereocenters. The van der Waals surface area contributed by atoms with Crippen LogP contribution in [0.3, 0.4) is 0 Å². The van der Waals surface area contributed by atoms with Gasteiger partial charge in [-0.25, -0.2) is 0 Å². The van der Waals surface area contributed by atoms with Crippen molar-refractivity contribution in [1.29, 1.82) is 0 Å². The molecule has 4 atom stereocenters. The van der Waals surface area contributed by atoms with Gasteiger partial charge in [0.2, 0.25) is 0 Å². The number of carbonyl (C=O) groups excluding carboxylic acids is 4. The maximum Gasteiger partial charge on any atom is 0.313 e. The molecule has 184 valence electrons. The molecule has 2 N–H and O–H groups in total. The number of carbonyl (C=O) groups is 4. The minimum Gasteiger partial charge on any atom is -0.448 e. The monoisotopic (exact) mass is 462 g/mol. The lowest BCUT2D eigenvalue weighted by atomic mass is 9.66. The standard InChI is InChI=1S/C25H38N2O6/c1-20(2)22(5)10-12-24(20,32-18(22)30)16(28)26-14-8-7-9-15-27-17(29)25-13-11-23(6,19(31)33-25)21(25,3)4/h7-15H2,1-6H3,(H,26,28)(H,27,29)/t22-,23+,24-,25-/m0/s1. The number of unbranched alkanes of at least 4 members (excludes halogenated alkanes) is 2. The van der Waals surface area contributed by atoms with E-state index in [1.165, 1.54) is 0 Å². The molecule has 4 bridgehead atoms. The lowest BCUT2D eigenvalue weighted by Gasteiger charge is -2.35. The van der Waals surface area contributed by atoms with E-state index >= 15 is 0 Å². The summed E-state index contributed by atoms with van der Waals surface area (Å²) in [5.74, 6) is -0.960. The summed E-state index contributed by atoms with van der Waals surface area (Å²) in [5.41, 5.74) is -4.46. The number of esters is 2. The summed E-state index contributed by atoms with van der Waals surface area (Å²) in [6.45, 7) is 12.6. The van der Waals surface area contributed by atoms with E-state index in [1.54, 1.807) is 0 Å². The second-order valence-corrected chi connectivity index (χ2v) is 11.9. The normalized spacial score (nSPS) is 39.3. The fourth-order valence-corrected chi connectivity index (χ4v) is 6.61. The van der Waals surface area contributed by atoms with Crippen molar-refractivity contribution in [2.24, 2.45) is 21.7 Å². The Morgan fingerprint density at radius 2 is 1.03 bits per heavy atom. The van der Waals surface area contributed by atoms with Crippen molar-refractivity contribution >= 4 is 23.8 Å². The summed E-state index contributed by atoms with van der Waals surface area (Å²) in [6, 6.07) is 0. The minimum absolute atomic E-state index is 0.205. The molecule has 2 aliphatic carbocycles. The zero-order valence-electron chi connectivity index (χ0n) is 20.8. The molecule has 0 spiro atoms. The summed E-state index contributed by atoms with van der Waals surface area (Å²) in [7, 11) is 0. The highest BCUT2D eigenvalue weighted by Crippen LogP contribution is 2.66. The third-order valence-electron chi connectivity index (χ3n) is 10.3. The maximum absolute atomic E-state index is 13.0. The van der Waals surface area contributed by atoms with Gasteiger partial charge in [-0.15, -0.1) is 0 Å². The number of fused-ring (bicyclic) bond motifs is 4. The Kier molecular flexibility index (Phi) is 5.23. The quantitative estimate of drug-likeness (QED) is 0.424. The predicted octanol–water partition coefficient (Wildman–Crippen LogP) is 2.63. The highest BCUT2D eigenvalue weighted by atomic mass is 16.6. The van der Waals surface area contributed by atoms with Crippen LogP contribution in [-0.2, 0) is 28.7 Å². The van der Waals surface area contributed by atoms with Crippen molar-refractivity contribution in [3.8, 4) is 0 Å². The van der Waals surface area contributed by atoms with Crippen LogP contribution in [0.2, 0.25) is 0 Å². The van der Waals surface area contributed by atoms with E-state index in [1.807, 2.05) is 41.5 Å². The second kappa shape index (κ2) is 7.19. The molecule has 8 nitrogen and oxygen atoms in total. The summed E-state index contributed by atoms with van der Waals surface area (Å²) in [5, 5.41) is 5.92. The summed E-state index contributed by atoms with van der Waals surface area (Å²) < 4.78 is 11.2. The zero-order valence-corrected chi connectivity index (χ0v) is 20.8. The third kappa shape index (κ3) is 2.75.